The van der Waals surface area contributed by atoms with Gasteiger partial charge in [-0.05, 0) is 35.9 Å². The second-order valence-electron chi connectivity index (χ2n) is 7.66. The van der Waals surface area contributed by atoms with Crippen molar-refractivity contribution in [3.63, 3.8) is 0 Å². The lowest BCUT2D eigenvalue weighted by molar-refractivity contribution is -0.137. The summed E-state index contributed by atoms with van der Waals surface area (Å²) in [6, 6.07) is 13.3. The Morgan fingerprint density at radius 2 is 1.94 bits per heavy atom. The van der Waals surface area contributed by atoms with Crippen molar-refractivity contribution in [2.24, 2.45) is 0 Å². The molecule has 0 spiro atoms. The summed E-state index contributed by atoms with van der Waals surface area (Å²) in [6.07, 6.45) is 0.161. The molecule has 0 aromatic heterocycles. The predicted molar refractivity (Wildman–Crippen MR) is 117 cm³/mol. The minimum atomic E-state index is -0.0410. The van der Waals surface area contributed by atoms with E-state index in [1.807, 2.05) is 42.5 Å². The number of rotatable bonds is 8. The molecular formula is C23H27ClN2O5. The molecule has 0 saturated carbocycles. The molecule has 2 fully saturated rings. The SMILES string of the molecule is COc1cc(CN2CC(Oc3cccc(Cl)c3)C2)ccc1OCC(=O)N1CCOCC1. The lowest BCUT2D eigenvalue weighted by Gasteiger charge is -2.39. The molecule has 0 unspecified atom stereocenters. The molecule has 166 valence electrons. The monoisotopic (exact) mass is 446 g/mol. The lowest BCUT2D eigenvalue weighted by atomic mass is 10.1. The van der Waals surface area contributed by atoms with E-state index in [9.17, 15) is 4.79 Å². The molecule has 2 aliphatic rings. The van der Waals surface area contributed by atoms with Gasteiger partial charge in [-0.2, -0.15) is 0 Å². The van der Waals surface area contributed by atoms with Gasteiger partial charge in [0.25, 0.3) is 5.91 Å². The Bertz CT molecular complexity index is 897. The standard InChI is InChI=1S/C23H27ClN2O5/c1-28-22-11-17(5-6-21(22)30-16-23(27)26-7-9-29-10-8-26)13-25-14-20(15-25)31-19-4-2-3-18(24)12-19/h2-6,11-12,20H,7-10,13-16H2,1H3. The van der Waals surface area contributed by atoms with Crippen LogP contribution in [-0.4, -0.2) is 74.9 Å². The van der Waals surface area contributed by atoms with Gasteiger partial charge < -0.3 is 23.8 Å². The third kappa shape index (κ3) is 5.81. The number of methoxy groups -OCH3 is 1. The number of benzene rings is 2. The van der Waals surface area contributed by atoms with Crippen molar-refractivity contribution < 1.29 is 23.7 Å². The fourth-order valence-corrected chi connectivity index (χ4v) is 3.87. The van der Waals surface area contributed by atoms with Gasteiger partial charge >= 0.3 is 0 Å². The number of ether oxygens (including phenoxy) is 4. The number of carbonyl (C=O) groups is 1. The van der Waals surface area contributed by atoms with Crippen molar-refractivity contribution in [1.29, 1.82) is 0 Å². The third-order valence-electron chi connectivity index (χ3n) is 5.37. The zero-order chi connectivity index (χ0) is 21.6. The predicted octanol–water partition coefficient (Wildman–Crippen LogP) is 2.85. The quantitative estimate of drug-likeness (QED) is 0.621. The number of hydrogen-bond donors (Lipinski definition) is 0. The molecule has 1 amide bonds. The fourth-order valence-electron chi connectivity index (χ4n) is 3.69. The summed E-state index contributed by atoms with van der Waals surface area (Å²) >= 11 is 6.01. The fraction of sp³-hybridized carbons (Fsp3) is 0.435. The Kier molecular flexibility index (Phi) is 7.17. The molecule has 8 heteroatoms. The number of carbonyl (C=O) groups excluding carboxylic acids is 1. The highest BCUT2D eigenvalue weighted by Gasteiger charge is 2.28. The first kappa shape index (κ1) is 21.7. The van der Waals surface area contributed by atoms with Crippen LogP contribution in [0.3, 0.4) is 0 Å². The summed E-state index contributed by atoms with van der Waals surface area (Å²) in [5.41, 5.74) is 1.12. The smallest absolute Gasteiger partial charge is 0.260 e. The molecule has 2 heterocycles. The van der Waals surface area contributed by atoms with Crippen molar-refractivity contribution in [1.82, 2.24) is 9.80 Å². The van der Waals surface area contributed by atoms with E-state index < -0.39 is 0 Å². The van der Waals surface area contributed by atoms with Gasteiger partial charge in [0.05, 0.1) is 20.3 Å². The number of nitrogens with zero attached hydrogens (tertiary/aromatic N) is 2. The highest BCUT2D eigenvalue weighted by atomic mass is 35.5. The normalized spacial score (nSPS) is 17.2. The van der Waals surface area contributed by atoms with Crippen molar-refractivity contribution >= 4 is 17.5 Å². The van der Waals surface area contributed by atoms with E-state index in [2.05, 4.69) is 4.90 Å². The maximum Gasteiger partial charge on any atom is 0.260 e. The van der Waals surface area contributed by atoms with Gasteiger partial charge in [0.2, 0.25) is 0 Å². The number of hydrogen-bond acceptors (Lipinski definition) is 6. The Hall–Kier alpha value is -2.48. The maximum absolute atomic E-state index is 12.3. The Morgan fingerprint density at radius 1 is 1.13 bits per heavy atom. The van der Waals surface area contributed by atoms with E-state index in [1.165, 1.54) is 0 Å². The zero-order valence-electron chi connectivity index (χ0n) is 17.6. The second kappa shape index (κ2) is 10.2. The maximum atomic E-state index is 12.3. The van der Waals surface area contributed by atoms with Crippen LogP contribution in [0, 0.1) is 0 Å². The highest BCUT2D eigenvalue weighted by Crippen LogP contribution is 2.30. The molecule has 2 aromatic carbocycles. The molecule has 7 nitrogen and oxygen atoms in total. The molecular weight excluding hydrogens is 420 g/mol. The van der Waals surface area contributed by atoms with E-state index in [0.717, 1.165) is 30.9 Å². The molecule has 2 aliphatic heterocycles. The Morgan fingerprint density at radius 3 is 2.68 bits per heavy atom. The average Bonchev–Trinajstić information content (AvgIpc) is 2.77. The van der Waals surface area contributed by atoms with E-state index in [0.29, 0.717) is 42.8 Å². The van der Waals surface area contributed by atoms with Crippen LogP contribution in [0.1, 0.15) is 5.56 Å². The van der Waals surface area contributed by atoms with E-state index in [1.54, 1.807) is 12.0 Å². The topological polar surface area (TPSA) is 60.5 Å². The summed E-state index contributed by atoms with van der Waals surface area (Å²) < 4.78 is 22.4. The number of halogens is 1. The van der Waals surface area contributed by atoms with Gasteiger partial charge in [-0.25, -0.2) is 0 Å². The first-order valence-corrected chi connectivity index (χ1v) is 10.8. The van der Waals surface area contributed by atoms with Crippen LogP contribution < -0.4 is 14.2 Å². The summed E-state index contributed by atoms with van der Waals surface area (Å²) in [7, 11) is 1.61. The molecule has 0 N–H and O–H groups in total. The van der Waals surface area contributed by atoms with Crippen LogP contribution in [0.4, 0.5) is 0 Å². The molecule has 0 aliphatic carbocycles. The van der Waals surface area contributed by atoms with Crippen molar-refractivity contribution in [3.05, 3.63) is 53.1 Å². The Balaban J connectivity index is 1.26. The van der Waals surface area contributed by atoms with E-state index >= 15 is 0 Å². The minimum Gasteiger partial charge on any atom is -0.493 e. The zero-order valence-corrected chi connectivity index (χ0v) is 18.3. The lowest BCUT2D eigenvalue weighted by Crippen LogP contribution is -2.53. The molecule has 0 atom stereocenters. The first-order valence-electron chi connectivity index (χ1n) is 10.4. The van der Waals surface area contributed by atoms with Crippen molar-refractivity contribution in [2.75, 3.05) is 53.1 Å². The van der Waals surface area contributed by atoms with Gasteiger partial charge in [0.1, 0.15) is 11.9 Å². The Labute approximate surface area is 187 Å². The minimum absolute atomic E-state index is 0.00957. The van der Waals surface area contributed by atoms with Gasteiger partial charge in [0.15, 0.2) is 18.1 Å². The number of amides is 1. The van der Waals surface area contributed by atoms with Crippen LogP contribution >= 0.6 is 11.6 Å². The number of morpholine rings is 1. The van der Waals surface area contributed by atoms with Gasteiger partial charge in [0, 0.05) is 37.7 Å². The van der Waals surface area contributed by atoms with Gasteiger partial charge in [-0.15, -0.1) is 0 Å². The molecule has 31 heavy (non-hydrogen) atoms. The van der Waals surface area contributed by atoms with Crippen LogP contribution in [-0.2, 0) is 16.1 Å². The highest BCUT2D eigenvalue weighted by molar-refractivity contribution is 6.30. The van der Waals surface area contributed by atoms with Crippen LogP contribution in [0.15, 0.2) is 42.5 Å². The molecule has 0 radical (unpaired) electrons. The summed E-state index contributed by atoms with van der Waals surface area (Å²) in [4.78, 5) is 16.3. The van der Waals surface area contributed by atoms with E-state index in [4.69, 9.17) is 30.5 Å². The molecule has 4 rings (SSSR count). The summed E-state index contributed by atoms with van der Waals surface area (Å²) in [5.74, 6) is 1.95. The summed E-state index contributed by atoms with van der Waals surface area (Å²) in [5, 5.41) is 0.676. The van der Waals surface area contributed by atoms with Crippen LogP contribution in [0.2, 0.25) is 5.02 Å². The van der Waals surface area contributed by atoms with Crippen molar-refractivity contribution in [2.45, 2.75) is 12.6 Å². The van der Waals surface area contributed by atoms with Gasteiger partial charge in [-0.3, -0.25) is 9.69 Å². The van der Waals surface area contributed by atoms with Crippen molar-refractivity contribution in [3.8, 4) is 17.2 Å². The first-order chi connectivity index (χ1) is 15.1. The van der Waals surface area contributed by atoms with Gasteiger partial charge in [-0.1, -0.05) is 23.7 Å². The summed E-state index contributed by atoms with van der Waals surface area (Å²) in [6.45, 7) is 4.84. The van der Waals surface area contributed by atoms with Crippen LogP contribution in [0.5, 0.6) is 17.2 Å². The second-order valence-corrected chi connectivity index (χ2v) is 8.09. The molecule has 2 aromatic rings. The largest absolute Gasteiger partial charge is 0.493 e. The van der Waals surface area contributed by atoms with Crippen LogP contribution in [0.25, 0.3) is 0 Å². The molecule has 2 saturated heterocycles. The van der Waals surface area contributed by atoms with E-state index in [-0.39, 0.29) is 18.6 Å². The number of likely N-dealkylation sites (tertiary alicyclic amines) is 1. The molecule has 0 bridgehead atoms. The third-order valence-corrected chi connectivity index (χ3v) is 5.61. The average molecular weight is 447 g/mol.